The van der Waals surface area contributed by atoms with Gasteiger partial charge in [-0.1, -0.05) is 65.8 Å². The maximum Gasteiger partial charge on any atom is 0.191 e. The Morgan fingerprint density at radius 1 is 1.04 bits per heavy atom. The van der Waals surface area contributed by atoms with Crippen molar-refractivity contribution in [1.82, 2.24) is 19.7 Å². The van der Waals surface area contributed by atoms with Crippen LogP contribution in [0, 0.1) is 0 Å². The van der Waals surface area contributed by atoms with Crippen molar-refractivity contribution in [2.24, 2.45) is 7.05 Å². The fourth-order valence-electron chi connectivity index (χ4n) is 2.54. The van der Waals surface area contributed by atoms with E-state index in [1.165, 1.54) is 0 Å². The Morgan fingerprint density at radius 2 is 1.85 bits per heavy atom. The zero-order valence-corrected chi connectivity index (χ0v) is 16.4. The first-order valence-electron chi connectivity index (χ1n) is 7.98. The molecule has 0 spiro atoms. The fourth-order valence-corrected chi connectivity index (χ4v) is 4.47. The lowest BCUT2D eigenvalue weighted by Crippen LogP contribution is -1.95. The molecule has 2 aromatic carbocycles. The van der Waals surface area contributed by atoms with Gasteiger partial charge in [0.1, 0.15) is 5.01 Å². The van der Waals surface area contributed by atoms with Crippen LogP contribution in [0.25, 0.3) is 22.0 Å². The van der Waals surface area contributed by atoms with Gasteiger partial charge in [0, 0.05) is 34.3 Å². The van der Waals surface area contributed by atoms with Crippen LogP contribution in [-0.4, -0.2) is 19.7 Å². The minimum Gasteiger partial charge on any atom is -0.305 e. The summed E-state index contributed by atoms with van der Waals surface area (Å²) in [6, 6.07) is 17.9. The molecule has 0 amide bonds. The summed E-state index contributed by atoms with van der Waals surface area (Å²) < 4.78 is 1.99. The number of aromatic nitrogens is 4. The summed E-state index contributed by atoms with van der Waals surface area (Å²) in [7, 11) is 1.97. The highest BCUT2D eigenvalue weighted by molar-refractivity contribution is 7.98. The molecule has 2 aromatic heterocycles. The van der Waals surface area contributed by atoms with Crippen LogP contribution in [0.3, 0.4) is 0 Å². The monoisotopic (exact) mass is 398 g/mol. The minimum atomic E-state index is 0.690. The molecule has 0 aliphatic heterocycles. The first-order chi connectivity index (χ1) is 12.7. The fraction of sp³-hybridized carbons (Fsp3) is 0.105. The molecular weight excluding hydrogens is 384 g/mol. The summed E-state index contributed by atoms with van der Waals surface area (Å²) in [5, 5.41) is 13.3. The lowest BCUT2D eigenvalue weighted by Gasteiger charge is -2.03. The van der Waals surface area contributed by atoms with Crippen LogP contribution < -0.4 is 0 Å². The summed E-state index contributed by atoms with van der Waals surface area (Å²) in [6.07, 6.45) is 0. The van der Waals surface area contributed by atoms with E-state index in [4.69, 9.17) is 16.6 Å². The molecule has 0 bridgehead atoms. The Kier molecular flexibility index (Phi) is 5.06. The van der Waals surface area contributed by atoms with Crippen molar-refractivity contribution in [2.75, 3.05) is 0 Å². The van der Waals surface area contributed by atoms with Crippen molar-refractivity contribution in [3.8, 4) is 22.0 Å². The highest BCUT2D eigenvalue weighted by Crippen LogP contribution is 2.29. The van der Waals surface area contributed by atoms with Crippen molar-refractivity contribution in [3.63, 3.8) is 0 Å². The first-order valence-corrected chi connectivity index (χ1v) is 10.2. The number of benzene rings is 2. The van der Waals surface area contributed by atoms with Gasteiger partial charge in [-0.3, -0.25) is 0 Å². The summed E-state index contributed by atoms with van der Waals surface area (Å²) in [5.74, 6) is 1.56. The smallest absolute Gasteiger partial charge is 0.191 e. The van der Waals surface area contributed by atoms with Crippen LogP contribution >= 0.6 is 34.7 Å². The van der Waals surface area contributed by atoms with E-state index < -0.39 is 0 Å². The highest BCUT2D eigenvalue weighted by Gasteiger charge is 2.13. The standard InChI is InChI=1S/C19H15ClN4S2/c1-24-17(14-8-5-9-15(20)10-14)22-23-19(24)26-12-16-11-25-18(21-16)13-6-3-2-4-7-13/h2-11H,12H2,1H3. The summed E-state index contributed by atoms with van der Waals surface area (Å²) in [6.45, 7) is 0. The first kappa shape index (κ1) is 17.3. The zero-order chi connectivity index (χ0) is 17.9. The lowest BCUT2D eigenvalue weighted by molar-refractivity contribution is 0.793. The van der Waals surface area contributed by atoms with Gasteiger partial charge in [-0.2, -0.15) is 0 Å². The molecule has 4 rings (SSSR count). The molecule has 0 aliphatic carbocycles. The van der Waals surface area contributed by atoms with Crippen molar-refractivity contribution >= 4 is 34.7 Å². The third kappa shape index (κ3) is 3.67. The Hall–Kier alpha value is -2.15. The van der Waals surface area contributed by atoms with Gasteiger partial charge >= 0.3 is 0 Å². The van der Waals surface area contributed by atoms with Gasteiger partial charge in [0.2, 0.25) is 0 Å². The third-order valence-corrected chi connectivity index (χ3v) is 6.07. The van der Waals surface area contributed by atoms with Gasteiger partial charge in [-0.25, -0.2) is 4.98 Å². The molecular formula is C19H15ClN4S2. The second-order valence-corrected chi connectivity index (χ2v) is 7.91. The molecule has 0 radical (unpaired) electrons. The van der Waals surface area contributed by atoms with E-state index >= 15 is 0 Å². The summed E-state index contributed by atoms with van der Waals surface area (Å²) in [4.78, 5) is 4.72. The molecule has 4 aromatic rings. The Bertz CT molecular complexity index is 1030. The van der Waals surface area contributed by atoms with E-state index in [1.54, 1.807) is 23.1 Å². The van der Waals surface area contributed by atoms with Crippen LogP contribution in [0.1, 0.15) is 5.69 Å². The lowest BCUT2D eigenvalue weighted by atomic mass is 10.2. The van der Waals surface area contributed by atoms with E-state index in [-0.39, 0.29) is 0 Å². The number of hydrogen-bond acceptors (Lipinski definition) is 5. The second-order valence-electron chi connectivity index (χ2n) is 5.67. The number of rotatable bonds is 5. The normalized spacial score (nSPS) is 11.0. The van der Waals surface area contributed by atoms with Gasteiger partial charge < -0.3 is 4.57 Å². The minimum absolute atomic E-state index is 0.690. The largest absolute Gasteiger partial charge is 0.305 e. The SMILES string of the molecule is Cn1c(SCc2csc(-c3ccccc3)n2)nnc1-c1cccc(Cl)c1. The van der Waals surface area contributed by atoms with Crippen LogP contribution in [0.4, 0.5) is 0 Å². The van der Waals surface area contributed by atoms with E-state index in [2.05, 4.69) is 27.7 Å². The third-order valence-electron chi connectivity index (χ3n) is 3.84. The predicted octanol–water partition coefficient (Wildman–Crippen LogP) is 5.55. The number of halogens is 1. The molecule has 0 N–H and O–H groups in total. The van der Waals surface area contributed by atoms with Gasteiger partial charge in [0.25, 0.3) is 0 Å². The molecule has 4 nitrogen and oxygen atoms in total. The van der Waals surface area contributed by atoms with Gasteiger partial charge in [-0.05, 0) is 12.1 Å². The molecule has 0 saturated carbocycles. The second kappa shape index (κ2) is 7.61. The molecule has 0 unspecified atom stereocenters. The number of thioether (sulfide) groups is 1. The van der Waals surface area contributed by atoms with Gasteiger partial charge in [-0.15, -0.1) is 21.5 Å². The van der Waals surface area contributed by atoms with Crippen molar-refractivity contribution in [1.29, 1.82) is 0 Å². The quantitative estimate of drug-likeness (QED) is 0.413. The van der Waals surface area contributed by atoms with Crippen molar-refractivity contribution < 1.29 is 0 Å². The number of hydrogen-bond donors (Lipinski definition) is 0. The van der Waals surface area contributed by atoms with E-state index in [0.29, 0.717) is 5.02 Å². The number of nitrogens with zero attached hydrogens (tertiary/aromatic N) is 4. The van der Waals surface area contributed by atoms with E-state index in [9.17, 15) is 0 Å². The Balaban J connectivity index is 1.48. The van der Waals surface area contributed by atoms with Crippen molar-refractivity contribution in [3.05, 3.63) is 70.7 Å². The molecule has 7 heteroatoms. The van der Waals surface area contributed by atoms with Crippen LogP contribution in [0.2, 0.25) is 5.02 Å². The topological polar surface area (TPSA) is 43.6 Å². The van der Waals surface area contributed by atoms with E-state index in [0.717, 1.165) is 38.6 Å². The van der Waals surface area contributed by atoms with Crippen LogP contribution in [0.15, 0.2) is 65.1 Å². The maximum absolute atomic E-state index is 6.08. The van der Waals surface area contributed by atoms with Gasteiger partial charge in [0.15, 0.2) is 11.0 Å². The van der Waals surface area contributed by atoms with Gasteiger partial charge in [0.05, 0.1) is 5.69 Å². The molecule has 130 valence electrons. The molecule has 0 saturated heterocycles. The average Bonchev–Trinajstić information content (AvgIpc) is 3.28. The Morgan fingerprint density at radius 3 is 2.65 bits per heavy atom. The Labute approximate surface area is 164 Å². The summed E-state index contributed by atoms with van der Waals surface area (Å²) in [5.41, 5.74) is 3.15. The molecule has 2 heterocycles. The van der Waals surface area contributed by atoms with Crippen molar-refractivity contribution in [2.45, 2.75) is 10.9 Å². The zero-order valence-electron chi connectivity index (χ0n) is 14.0. The predicted molar refractivity (Wildman–Crippen MR) is 109 cm³/mol. The molecule has 0 fully saturated rings. The van der Waals surface area contributed by atoms with E-state index in [1.807, 2.05) is 54.1 Å². The number of thiazole rings is 1. The molecule has 0 atom stereocenters. The maximum atomic E-state index is 6.08. The summed E-state index contributed by atoms with van der Waals surface area (Å²) >= 11 is 9.37. The van der Waals surface area contributed by atoms with Crippen LogP contribution in [-0.2, 0) is 12.8 Å². The average molecular weight is 399 g/mol. The molecule has 0 aliphatic rings. The molecule has 26 heavy (non-hydrogen) atoms. The van der Waals surface area contributed by atoms with Crippen LogP contribution in [0.5, 0.6) is 0 Å². The highest BCUT2D eigenvalue weighted by atomic mass is 35.5.